The smallest absolute Gasteiger partial charge is 0.339 e. The van der Waals surface area contributed by atoms with E-state index in [1.54, 1.807) is 24.9 Å². The molecule has 0 unspecified atom stereocenters. The summed E-state index contributed by atoms with van der Waals surface area (Å²) in [7, 11) is 1.76. The number of aromatic nitrogens is 4. The molecule has 0 atom stereocenters. The summed E-state index contributed by atoms with van der Waals surface area (Å²) in [6.07, 6.45) is 3.14. The third kappa shape index (κ3) is 2.37. The van der Waals surface area contributed by atoms with E-state index in [1.165, 1.54) is 35.1 Å². The van der Waals surface area contributed by atoms with Gasteiger partial charge in [0, 0.05) is 25.0 Å². The van der Waals surface area contributed by atoms with Crippen molar-refractivity contribution in [2.45, 2.75) is 6.92 Å². The van der Waals surface area contributed by atoms with E-state index in [0.717, 1.165) is 0 Å². The highest BCUT2D eigenvalue weighted by molar-refractivity contribution is 5.95. The number of nitrogens with zero attached hydrogens (tertiary/aromatic N) is 4. The number of carboxylic acid groups (broad SMARTS) is 1. The Hall–Kier alpha value is -2.96. The molecule has 0 bridgehead atoms. The zero-order valence-corrected chi connectivity index (χ0v) is 12.0. The second-order valence-electron chi connectivity index (χ2n) is 4.92. The van der Waals surface area contributed by atoms with Gasteiger partial charge in [0.1, 0.15) is 17.1 Å². The lowest BCUT2D eigenvalue weighted by Gasteiger charge is -2.00. The summed E-state index contributed by atoms with van der Waals surface area (Å²) in [5.41, 5.74) is 2.33. The van der Waals surface area contributed by atoms with Crippen LogP contribution in [0.4, 0.5) is 4.39 Å². The fourth-order valence-corrected chi connectivity index (χ4v) is 2.29. The Balaban J connectivity index is 2.16. The summed E-state index contributed by atoms with van der Waals surface area (Å²) in [6, 6.07) is 5.67. The maximum Gasteiger partial charge on any atom is 0.339 e. The largest absolute Gasteiger partial charge is 0.478 e. The third-order valence-electron chi connectivity index (χ3n) is 3.30. The van der Waals surface area contributed by atoms with Gasteiger partial charge in [-0.05, 0) is 31.2 Å². The summed E-state index contributed by atoms with van der Waals surface area (Å²) in [6.45, 7) is 1.79. The van der Waals surface area contributed by atoms with Gasteiger partial charge in [-0.1, -0.05) is 0 Å². The van der Waals surface area contributed by atoms with Crippen LogP contribution in [0.15, 0.2) is 36.7 Å². The Morgan fingerprint density at radius 1 is 1.18 bits per heavy atom. The van der Waals surface area contributed by atoms with Crippen molar-refractivity contribution in [2.75, 3.05) is 0 Å². The molecule has 1 aromatic carbocycles. The molecule has 7 heteroatoms. The summed E-state index contributed by atoms with van der Waals surface area (Å²) in [5, 5.41) is 17.9. The van der Waals surface area contributed by atoms with Crippen LogP contribution >= 0.6 is 0 Å². The summed E-state index contributed by atoms with van der Waals surface area (Å²) in [5.74, 6) is -1.44. The average Bonchev–Trinajstić information content (AvgIpc) is 3.03. The summed E-state index contributed by atoms with van der Waals surface area (Å²) in [4.78, 5) is 11.5. The monoisotopic (exact) mass is 300 g/mol. The van der Waals surface area contributed by atoms with Crippen LogP contribution in [0.2, 0.25) is 0 Å². The van der Waals surface area contributed by atoms with E-state index in [9.17, 15) is 14.3 Å². The minimum absolute atomic E-state index is 0.0698. The first-order valence-electron chi connectivity index (χ1n) is 6.55. The van der Waals surface area contributed by atoms with Crippen LogP contribution in [0.1, 0.15) is 16.1 Å². The molecule has 3 aromatic rings. The molecule has 0 saturated carbocycles. The first-order valence-corrected chi connectivity index (χ1v) is 6.55. The predicted molar refractivity (Wildman–Crippen MR) is 77.4 cm³/mol. The van der Waals surface area contributed by atoms with Crippen molar-refractivity contribution in [1.29, 1.82) is 0 Å². The second kappa shape index (κ2) is 5.10. The number of halogens is 1. The maximum atomic E-state index is 13.0. The van der Waals surface area contributed by atoms with Crippen LogP contribution in [-0.2, 0) is 7.05 Å². The lowest BCUT2D eigenvalue weighted by Crippen LogP contribution is -1.96. The number of rotatable bonds is 3. The maximum absolute atomic E-state index is 13.0. The van der Waals surface area contributed by atoms with E-state index in [4.69, 9.17) is 0 Å². The van der Waals surface area contributed by atoms with Gasteiger partial charge in [-0.25, -0.2) is 13.9 Å². The predicted octanol–water partition coefficient (Wildman–Crippen LogP) is 2.42. The summed E-state index contributed by atoms with van der Waals surface area (Å²) < 4.78 is 16.0. The van der Waals surface area contributed by atoms with Gasteiger partial charge in [0.05, 0.1) is 11.4 Å². The van der Waals surface area contributed by atoms with Crippen molar-refractivity contribution in [2.24, 2.45) is 7.05 Å². The number of hydrogen-bond acceptors (Lipinski definition) is 3. The molecule has 22 heavy (non-hydrogen) atoms. The molecule has 0 fully saturated rings. The number of aryl methyl sites for hydroxylation is 2. The van der Waals surface area contributed by atoms with Gasteiger partial charge in [0.15, 0.2) is 0 Å². The Bertz CT molecular complexity index is 849. The van der Waals surface area contributed by atoms with Crippen LogP contribution in [0.25, 0.3) is 16.9 Å². The lowest BCUT2D eigenvalue weighted by molar-refractivity contribution is 0.0697. The molecular weight excluding hydrogens is 287 g/mol. The van der Waals surface area contributed by atoms with Crippen molar-refractivity contribution in [3.05, 3.63) is 53.7 Å². The number of carbonyl (C=O) groups is 1. The van der Waals surface area contributed by atoms with Gasteiger partial charge in [-0.15, -0.1) is 0 Å². The van der Waals surface area contributed by atoms with Gasteiger partial charge in [0.2, 0.25) is 0 Å². The lowest BCUT2D eigenvalue weighted by atomic mass is 10.1. The van der Waals surface area contributed by atoms with Crippen molar-refractivity contribution >= 4 is 5.97 Å². The van der Waals surface area contributed by atoms with Crippen LogP contribution in [-0.4, -0.2) is 30.6 Å². The van der Waals surface area contributed by atoms with E-state index in [1.807, 2.05) is 0 Å². The van der Waals surface area contributed by atoms with E-state index in [2.05, 4.69) is 10.2 Å². The minimum atomic E-state index is -1.08. The van der Waals surface area contributed by atoms with Gasteiger partial charge in [0.25, 0.3) is 0 Å². The average molecular weight is 300 g/mol. The number of benzene rings is 1. The number of carboxylic acids is 1. The molecule has 3 rings (SSSR count). The van der Waals surface area contributed by atoms with Crippen molar-refractivity contribution in [3.63, 3.8) is 0 Å². The molecule has 1 N–H and O–H groups in total. The third-order valence-corrected chi connectivity index (χ3v) is 3.30. The van der Waals surface area contributed by atoms with Crippen molar-refractivity contribution in [1.82, 2.24) is 19.6 Å². The molecule has 0 saturated heterocycles. The highest BCUT2D eigenvalue weighted by Crippen LogP contribution is 2.26. The molecule has 0 spiro atoms. The van der Waals surface area contributed by atoms with E-state index < -0.39 is 5.97 Å². The van der Waals surface area contributed by atoms with E-state index in [-0.39, 0.29) is 11.4 Å². The summed E-state index contributed by atoms with van der Waals surface area (Å²) >= 11 is 0. The van der Waals surface area contributed by atoms with Crippen LogP contribution < -0.4 is 0 Å². The molecule has 0 amide bonds. The standard InChI is InChI=1S/C15H13FN4O2/c1-9-12(7-19(2)17-9)14-13(15(21)22)8-20(18-14)11-5-3-10(16)4-6-11/h3-8H,1-2H3,(H,21,22). The van der Waals surface area contributed by atoms with E-state index in [0.29, 0.717) is 22.6 Å². The molecule has 112 valence electrons. The number of aromatic carboxylic acids is 1. The second-order valence-corrected chi connectivity index (χ2v) is 4.92. The van der Waals surface area contributed by atoms with Crippen LogP contribution in [0, 0.1) is 12.7 Å². The van der Waals surface area contributed by atoms with Gasteiger partial charge in [-0.3, -0.25) is 4.68 Å². The van der Waals surface area contributed by atoms with Gasteiger partial charge >= 0.3 is 5.97 Å². The highest BCUT2D eigenvalue weighted by Gasteiger charge is 2.20. The fourth-order valence-electron chi connectivity index (χ4n) is 2.29. The number of hydrogen-bond donors (Lipinski definition) is 1. The first kappa shape index (κ1) is 14.0. The van der Waals surface area contributed by atoms with Gasteiger partial charge < -0.3 is 5.11 Å². The zero-order valence-electron chi connectivity index (χ0n) is 12.0. The molecule has 6 nitrogen and oxygen atoms in total. The van der Waals surface area contributed by atoms with E-state index >= 15 is 0 Å². The van der Waals surface area contributed by atoms with Crippen molar-refractivity contribution < 1.29 is 14.3 Å². The molecule has 2 aromatic heterocycles. The minimum Gasteiger partial charge on any atom is -0.478 e. The molecule has 0 aliphatic carbocycles. The Morgan fingerprint density at radius 2 is 1.86 bits per heavy atom. The normalized spacial score (nSPS) is 10.9. The SMILES string of the molecule is Cc1nn(C)cc1-c1nn(-c2ccc(F)cc2)cc1C(=O)O. The fraction of sp³-hybridized carbons (Fsp3) is 0.133. The molecule has 0 radical (unpaired) electrons. The molecule has 2 heterocycles. The Kier molecular flexibility index (Phi) is 3.25. The van der Waals surface area contributed by atoms with Crippen molar-refractivity contribution in [3.8, 4) is 16.9 Å². The Morgan fingerprint density at radius 3 is 2.41 bits per heavy atom. The first-order chi connectivity index (χ1) is 10.5. The van der Waals surface area contributed by atoms with Gasteiger partial charge in [-0.2, -0.15) is 10.2 Å². The Labute approximate surface area is 125 Å². The topological polar surface area (TPSA) is 72.9 Å². The zero-order chi connectivity index (χ0) is 15.9. The van der Waals surface area contributed by atoms with Crippen LogP contribution in [0.5, 0.6) is 0 Å². The molecule has 0 aliphatic rings. The molecule has 0 aliphatic heterocycles. The highest BCUT2D eigenvalue weighted by atomic mass is 19.1. The molecular formula is C15H13FN4O2. The van der Waals surface area contributed by atoms with Crippen LogP contribution in [0.3, 0.4) is 0 Å². The quantitative estimate of drug-likeness (QED) is 0.806.